The molecular weight excluding hydrogens is 202 g/mol. The number of hydrogen-bond acceptors (Lipinski definition) is 3. The summed E-state index contributed by atoms with van der Waals surface area (Å²) in [4.78, 5) is 0. The minimum absolute atomic E-state index is 0.311. The van der Waals surface area contributed by atoms with Gasteiger partial charge in [-0.1, -0.05) is 6.92 Å². The maximum absolute atomic E-state index is 8.92. The molecule has 3 nitrogen and oxygen atoms in total. The Hall–Kier alpha value is -0.120. The van der Waals surface area contributed by atoms with E-state index in [2.05, 4.69) is 26.1 Å². The van der Waals surface area contributed by atoms with Gasteiger partial charge in [-0.05, 0) is 52.0 Å². The lowest BCUT2D eigenvalue weighted by Crippen LogP contribution is -2.41. The largest absolute Gasteiger partial charge is 0.396 e. The zero-order valence-corrected chi connectivity index (χ0v) is 10.9. The van der Waals surface area contributed by atoms with Gasteiger partial charge in [-0.15, -0.1) is 0 Å². The molecule has 1 fully saturated rings. The lowest BCUT2D eigenvalue weighted by molar-refractivity contribution is -0.0420. The van der Waals surface area contributed by atoms with Crippen LogP contribution in [-0.2, 0) is 4.74 Å². The first-order valence-corrected chi connectivity index (χ1v) is 6.61. The van der Waals surface area contributed by atoms with Crippen LogP contribution in [0.1, 0.15) is 46.5 Å². The molecule has 2 N–H and O–H groups in total. The maximum atomic E-state index is 8.92. The van der Waals surface area contributed by atoms with Crippen LogP contribution in [0.25, 0.3) is 0 Å². The van der Waals surface area contributed by atoms with Crippen molar-refractivity contribution in [2.45, 2.75) is 64.7 Å². The lowest BCUT2D eigenvalue weighted by atomic mass is 9.99. The molecule has 0 saturated carbocycles. The summed E-state index contributed by atoms with van der Waals surface area (Å²) < 4.78 is 5.71. The van der Waals surface area contributed by atoms with Crippen molar-refractivity contribution in [3.05, 3.63) is 0 Å². The molecule has 0 aromatic rings. The van der Waals surface area contributed by atoms with Crippen molar-refractivity contribution >= 4 is 0 Å². The van der Waals surface area contributed by atoms with Crippen LogP contribution in [-0.4, -0.2) is 36.5 Å². The highest BCUT2D eigenvalue weighted by Gasteiger charge is 2.23. The normalized spacial score (nSPS) is 32.6. The van der Waals surface area contributed by atoms with Gasteiger partial charge in [0.15, 0.2) is 0 Å². The molecule has 1 rings (SSSR count). The van der Waals surface area contributed by atoms with E-state index in [1.807, 2.05) is 0 Å². The zero-order valence-electron chi connectivity index (χ0n) is 10.9. The summed E-state index contributed by atoms with van der Waals surface area (Å²) in [6.07, 6.45) is 5.29. The van der Waals surface area contributed by atoms with Gasteiger partial charge < -0.3 is 15.2 Å². The minimum Gasteiger partial charge on any atom is -0.396 e. The minimum atomic E-state index is 0.311. The summed E-state index contributed by atoms with van der Waals surface area (Å²) in [6, 6.07) is 0.614. The summed E-state index contributed by atoms with van der Waals surface area (Å²) in [6.45, 7) is 7.77. The molecule has 1 aliphatic heterocycles. The van der Waals surface area contributed by atoms with Crippen molar-refractivity contribution in [1.82, 2.24) is 5.32 Å². The van der Waals surface area contributed by atoms with E-state index in [0.717, 1.165) is 32.2 Å². The Kier molecular flexibility index (Phi) is 6.32. The summed E-state index contributed by atoms with van der Waals surface area (Å²) in [7, 11) is 0. The van der Waals surface area contributed by atoms with Crippen molar-refractivity contribution in [3.8, 4) is 0 Å². The number of rotatable bonds is 6. The van der Waals surface area contributed by atoms with Crippen molar-refractivity contribution in [2.24, 2.45) is 5.92 Å². The van der Waals surface area contributed by atoms with Crippen LogP contribution in [0, 0.1) is 5.92 Å². The van der Waals surface area contributed by atoms with E-state index in [0.29, 0.717) is 30.8 Å². The molecule has 0 radical (unpaired) electrons. The fourth-order valence-electron chi connectivity index (χ4n) is 2.42. The number of nitrogens with one attached hydrogen (secondary N) is 1. The third-order valence-electron chi connectivity index (χ3n) is 3.32. The van der Waals surface area contributed by atoms with E-state index in [-0.39, 0.29) is 0 Å². The molecule has 0 aliphatic carbocycles. The topological polar surface area (TPSA) is 41.5 Å². The van der Waals surface area contributed by atoms with Gasteiger partial charge in [0.25, 0.3) is 0 Å². The molecule has 1 saturated heterocycles. The number of ether oxygens (including phenoxy) is 1. The molecule has 96 valence electrons. The van der Waals surface area contributed by atoms with E-state index in [1.54, 1.807) is 0 Å². The van der Waals surface area contributed by atoms with Gasteiger partial charge in [0.1, 0.15) is 0 Å². The fourth-order valence-corrected chi connectivity index (χ4v) is 2.42. The molecule has 16 heavy (non-hydrogen) atoms. The van der Waals surface area contributed by atoms with E-state index < -0.39 is 0 Å². The van der Waals surface area contributed by atoms with Gasteiger partial charge in [-0.25, -0.2) is 0 Å². The number of hydrogen-bond donors (Lipinski definition) is 2. The highest BCUT2D eigenvalue weighted by Crippen LogP contribution is 2.19. The maximum Gasteiger partial charge on any atom is 0.0565 e. The molecule has 3 heteroatoms. The Bertz CT molecular complexity index is 177. The van der Waals surface area contributed by atoms with Crippen LogP contribution < -0.4 is 5.32 Å². The lowest BCUT2D eigenvalue weighted by Gasteiger charge is -2.32. The molecule has 0 bridgehead atoms. The molecule has 3 atom stereocenters. The Balaban J connectivity index is 2.08. The smallest absolute Gasteiger partial charge is 0.0565 e. The van der Waals surface area contributed by atoms with Crippen molar-refractivity contribution in [3.63, 3.8) is 0 Å². The standard InChI is InChI=1S/C13H27NO2/c1-10(9-15)5-4-6-14-13-7-11(2)16-12(3)8-13/h10-15H,4-9H2,1-3H3. The van der Waals surface area contributed by atoms with Gasteiger partial charge in [0.05, 0.1) is 12.2 Å². The third-order valence-corrected chi connectivity index (χ3v) is 3.32. The predicted octanol–water partition coefficient (Wildman–Crippen LogP) is 1.94. The molecule has 3 unspecified atom stereocenters. The molecule has 0 amide bonds. The highest BCUT2D eigenvalue weighted by atomic mass is 16.5. The first kappa shape index (κ1) is 13.9. The van der Waals surface area contributed by atoms with E-state index in [4.69, 9.17) is 9.84 Å². The van der Waals surface area contributed by atoms with Crippen molar-refractivity contribution < 1.29 is 9.84 Å². The fraction of sp³-hybridized carbons (Fsp3) is 1.00. The van der Waals surface area contributed by atoms with E-state index in [1.165, 1.54) is 0 Å². The first-order valence-electron chi connectivity index (χ1n) is 6.61. The highest BCUT2D eigenvalue weighted by molar-refractivity contribution is 4.78. The summed E-state index contributed by atoms with van der Waals surface area (Å²) in [5.41, 5.74) is 0. The van der Waals surface area contributed by atoms with E-state index in [9.17, 15) is 0 Å². The molecular formula is C13H27NO2. The Morgan fingerprint density at radius 2 is 1.94 bits per heavy atom. The van der Waals surface area contributed by atoms with Gasteiger partial charge in [-0.2, -0.15) is 0 Å². The quantitative estimate of drug-likeness (QED) is 0.684. The van der Waals surface area contributed by atoms with Gasteiger partial charge in [-0.3, -0.25) is 0 Å². The average Bonchev–Trinajstić information content (AvgIpc) is 2.22. The number of aliphatic hydroxyl groups excluding tert-OH is 1. The third kappa shape index (κ3) is 5.28. The second kappa shape index (κ2) is 7.25. The van der Waals surface area contributed by atoms with Crippen LogP contribution in [0.2, 0.25) is 0 Å². The first-order chi connectivity index (χ1) is 7.61. The van der Waals surface area contributed by atoms with E-state index >= 15 is 0 Å². The van der Waals surface area contributed by atoms with Crippen LogP contribution >= 0.6 is 0 Å². The molecule has 0 aromatic carbocycles. The number of aliphatic hydroxyl groups is 1. The van der Waals surface area contributed by atoms with Gasteiger partial charge in [0.2, 0.25) is 0 Å². The van der Waals surface area contributed by atoms with Crippen molar-refractivity contribution in [1.29, 1.82) is 0 Å². The van der Waals surface area contributed by atoms with Crippen LogP contribution in [0.3, 0.4) is 0 Å². The second-order valence-electron chi connectivity index (χ2n) is 5.31. The zero-order chi connectivity index (χ0) is 12.0. The Morgan fingerprint density at radius 3 is 2.50 bits per heavy atom. The van der Waals surface area contributed by atoms with Crippen molar-refractivity contribution in [2.75, 3.05) is 13.2 Å². The van der Waals surface area contributed by atoms with Crippen LogP contribution in [0.4, 0.5) is 0 Å². The van der Waals surface area contributed by atoms with Gasteiger partial charge >= 0.3 is 0 Å². The predicted molar refractivity (Wildman–Crippen MR) is 66.5 cm³/mol. The monoisotopic (exact) mass is 229 g/mol. The van der Waals surface area contributed by atoms with Gasteiger partial charge in [0, 0.05) is 12.6 Å². The SMILES string of the molecule is CC(CO)CCCNC1CC(C)OC(C)C1. The Morgan fingerprint density at radius 1 is 1.31 bits per heavy atom. The summed E-state index contributed by atoms with van der Waals surface area (Å²) >= 11 is 0. The molecule has 0 spiro atoms. The summed E-state index contributed by atoms with van der Waals surface area (Å²) in [5.74, 6) is 0.439. The average molecular weight is 229 g/mol. The molecule has 0 aromatic heterocycles. The van der Waals surface area contributed by atoms with Crippen LogP contribution in [0.15, 0.2) is 0 Å². The summed E-state index contributed by atoms with van der Waals surface area (Å²) in [5, 5.41) is 12.5. The van der Waals surface area contributed by atoms with Crippen LogP contribution in [0.5, 0.6) is 0 Å². The Labute approximate surface area is 99.6 Å². The molecule has 1 heterocycles. The molecule has 1 aliphatic rings. The second-order valence-corrected chi connectivity index (χ2v) is 5.31.